The molecule has 7 nitrogen and oxygen atoms in total. The number of nitrogens with zero attached hydrogens (tertiary/aromatic N) is 5. The maximum Gasteiger partial charge on any atom is 0.242 e. The number of nitrogens with one attached hydrogen (secondary N) is 1. The average molecular weight is 462 g/mol. The van der Waals surface area contributed by atoms with E-state index in [0.717, 1.165) is 25.6 Å². The lowest BCUT2D eigenvalue weighted by molar-refractivity contribution is -0.145. The van der Waals surface area contributed by atoms with Crippen LogP contribution >= 0.6 is 24.0 Å². The van der Waals surface area contributed by atoms with Crippen molar-refractivity contribution in [2.75, 3.05) is 26.2 Å². The third kappa shape index (κ3) is 5.58. The molecule has 0 saturated carbocycles. The summed E-state index contributed by atoms with van der Waals surface area (Å²) in [6.45, 7) is 13.7. The molecule has 0 spiro atoms. The number of carbonyl (C=O) groups is 1. The van der Waals surface area contributed by atoms with Crippen LogP contribution in [0.15, 0.2) is 23.5 Å². The van der Waals surface area contributed by atoms with Crippen LogP contribution < -0.4 is 5.32 Å². The Bertz CT molecular complexity index is 570. The number of aromatic nitrogens is 2. The summed E-state index contributed by atoms with van der Waals surface area (Å²) in [7, 11) is 0. The number of aliphatic imine (C=N–C) groups is 1. The highest BCUT2D eigenvalue weighted by Crippen LogP contribution is 2.24. The highest BCUT2D eigenvalue weighted by molar-refractivity contribution is 14.0. The number of carbonyl (C=O) groups excluding carboxylic acids is 1. The molecule has 0 atom stereocenters. The van der Waals surface area contributed by atoms with Gasteiger partial charge in [0.25, 0.3) is 0 Å². The fraction of sp³-hybridized carbons (Fsp3) is 0.706. The third-order valence-corrected chi connectivity index (χ3v) is 4.13. The number of hydrogen-bond donors (Lipinski definition) is 1. The molecule has 0 radical (unpaired) electrons. The summed E-state index contributed by atoms with van der Waals surface area (Å²) in [5.41, 5.74) is -0.221. The molecule has 1 aliphatic heterocycles. The largest absolute Gasteiger partial charge is 0.357 e. The van der Waals surface area contributed by atoms with Crippen LogP contribution in [0.1, 0.15) is 34.6 Å². The fourth-order valence-corrected chi connectivity index (χ4v) is 3.43. The number of guanidine groups is 1. The first kappa shape index (κ1) is 21.7. The molecule has 0 unspecified atom stereocenters. The van der Waals surface area contributed by atoms with Crippen LogP contribution in [-0.4, -0.2) is 69.2 Å². The first-order valence-corrected chi connectivity index (χ1v) is 8.68. The van der Waals surface area contributed by atoms with E-state index in [4.69, 9.17) is 0 Å². The van der Waals surface area contributed by atoms with Gasteiger partial charge in [0.2, 0.25) is 5.91 Å². The normalized spacial score (nSPS) is 17.7. The van der Waals surface area contributed by atoms with Gasteiger partial charge < -0.3 is 15.1 Å². The lowest BCUT2D eigenvalue weighted by Gasteiger charge is -2.49. The molecule has 1 aromatic heterocycles. The summed E-state index contributed by atoms with van der Waals surface area (Å²) >= 11 is 0. The van der Waals surface area contributed by atoms with Gasteiger partial charge in [0.1, 0.15) is 0 Å². The Kier molecular flexibility index (Phi) is 8.17. The number of rotatable bonds is 5. The molecule has 25 heavy (non-hydrogen) atoms. The Morgan fingerprint density at radius 3 is 2.68 bits per heavy atom. The minimum Gasteiger partial charge on any atom is -0.357 e. The Morgan fingerprint density at radius 2 is 2.16 bits per heavy atom. The highest BCUT2D eigenvalue weighted by atomic mass is 127. The molecule has 1 aliphatic rings. The predicted molar refractivity (Wildman–Crippen MR) is 111 cm³/mol. The van der Waals surface area contributed by atoms with E-state index in [9.17, 15) is 4.79 Å². The minimum absolute atomic E-state index is 0. The summed E-state index contributed by atoms with van der Waals surface area (Å²) in [6.07, 6.45) is 3.69. The second-order valence-corrected chi connectivity index (χ2v) is 7.03. The quantitative estimate of drug-likeness (QED) is 0.412. The molecule has 1 amide bonds. The van der Waals surface area contributed by atoms with Crippen LogP contribution in [0.4, 0.5) is 0 Å². The van der Waals surface area contributed by atoms with Gasteiger partial charge in [-0.25, -0.2) is 0 Å². The van der Waals surface area contributed by atoms with Crippen molar-refractivity contribution < 1.29 is 4.79 Å². The summed E-state index contributed by atoms with van der Waals surface area (Å²) in [5.74, 6) is 0.952. The highest BCUT2D eigenvalue weighted by Gasteiger charge is 2.40. The van der Waals surface area contributed by atoms with Gasteiger partial charge in [-0.3, -0.25) is 14.5 Å². The van der Waals surface area contributed by atoms with Gasteiger partial charge in [-0.05, 0) is 40.7 Å². The molecule has 142 valence electrons. The van der Waals surface area contributed by atoms with Crippen LogP contribution in [0.5, 0.6) is 0 Å². The van der Waals surface area contributed by atoms with E-state index < -0.39 is 0 Å². The Labute approximate surface area is 167 Å². The lowest BCUT2D eigenvalue weighted by Crippen LogP contribution is -2.66. The van der Waals surface area contributed by atoms with Crippen LogP contribution in [0, 0.1) is 0 Å². The molecule has 8 heteroatoms. The topological polar surface area (TPSA) is 65.8 Å². The van der Waals surface area contributed by atoms with E-state index >= 15 is 0 Å². The van der Waals surface area contributed by atoms with Crippen molar-refractivity contribution >= 4 is 35.8 Å². The number of halogens is 1. The molecule has 1 aromatic rings. The van der Waals surface area contributed by atoms with Crippen molar-refractivity contribution in [1.82, 2.24) is 24.9 Å². The van der Waals surface area contributed by atoms with Crippen LogP contribution in [0.3, 0.4) is 0 Å². The van der Waals surface area contributed by atoms with Gasteiger partial charge in [0, 0.05) is 31.5 Å². The van der Waals surface area contributed by atoms with Gasteiger partial charge in [-0.1, -0.05) is 0 Å². The molecule has 0 aliphatic carbocycles. The first-order chi connectivity index (χ1) is 11.3. The molecule has 1 saturated heterocycles. The van der Waals surface area contributed by atoms with Crippen molar-refractivity contribution in [3.8, 4) is 0 Å². The summed E-state index contributed by atoms with van der Waals surface area (Å²) in [6, 6.07) is 2.11. The van der Waals surface area contributed by atoms with Gasteiger partial charge in [0.15, 0.2) is 5.96 Å². The molecule has 1 fully saturated rings. The van der Waals surface area contributed by atoms with Gasteiger partial charge in [0.05, 0.1) is 25.2 Å². The molecule has 0 aromatic carbocycles. The molecule has 1 N–H and O–H groups in total. The zero-order valence-electron chi connectivity index (χ0n) is 15.9. The second-order valence-electron chi connectivity index (χ2n) is 7.03. The smallest absolute Gasteiger partial charge is 0.242 e. The Balaban J connectivity index is 0.00000312. The van der Waals surface area contributed by atoms with Crippen molar-refractivity contribution in [3.05, 3.63) is 18.5 Å². The average Bonchev–Trinajstić information content (AvgIpc) is 2.97. The summed E-state index contributed by atoms with van der Waals surface area (Å²) in [4.78, 5) is 21.3. The van der Waals surface area contributed by atoms with Gasteiger partial charge in [-0.2, -0.15) is 5.10 Å². The lowest BCUT2D eigenvalue weighted by atomic mass is 9.96. The monoisotopic (exact) mass is 462 g/mol. The first-order valence-electron chi connectivity index (χ1n) is 8.68. The number of hydrogen-bond acceptors (Lipinski definition) is 3. The standard InChI is InChI=1S/C17H30N6O.HI/c1-6-18-16(19-9-11-22-10-7-8-20-22)21-12-15(24)23(14(2)3)17(4,5)13-21;/h7-8,10,14H,6,9,11-13H2,1-5H3,(H,18,19);1H. The molecule has 2 heterocycles. The Morgan fingerprint density at radius 1 is 1.44 bits per heavy atom. The number of amides is 1. The van der Waals surface area contributed by atoms with Gasteiger partial charge >= 0.3 is 0 Å². The van der Waals surface area contributed by atoms with Crippen molar-refractivity contribution in [3.63, 3.8) is 0 Å². The van der Waals surface area contributed by atoms with Gasteiger partial charge in [-0.15, -0.1) is 24.0 Å². The van der Waals surface area contributed by atoms with E-state index in [2.05, 4.69) is 48.0 Å². The zero-order valence-corrected chi connectivity index (χ0v) is 18.2. The van der Waals surface area contributed by atoms with Crippen LogP contribution in [0.25, 0.3) is 0 Å². The fourth-order valence-electron chi connectivity index (χ4n) is 3.43. The van der Waals surface area contributed by atoms with Crippen molar-refractivity contribution in [2.24, 2.45) is 4.99 Å². The summed E-state index contributed by atoms with van der Waals surface area (Å²) < 4.78 is 1.86. The van der Waals surface area contributed by atoms with E-state index in [1.165, 1.54) is 0 Å². The molecule has 2 rings (SSSR count). The molecule has 0 bridgehead atoms. The van der Waals surface area contributed by atoms with E-state index in [0.29, 0.717) is 13.1 Å². The maximum absolute atomic E-state index is 12.6. The van der Waals surface area contributed by atoms with E-state index in [-0.39, 0.29) is 41.5 Å². The molecular weight excluding hydrogens is 431 g/mol. The zero-order chi connectivity index (χ0) is 17.7. The van der Waals surface area contributed by atoms with E-state index in [1.54, 1.807) is 6.20 Å². The van der Waals surface area contributed by atoms with Crippen LogP contribution in [-0.2, 0) is 11.3 Å². The van der Waals surface area contributed by atoms with Crippen molar-refractivity contribution in [1.29, 1.82) is 0 Å². The SMILES string of the molecule is CCNC(=NCCn1cccn1)N1CC(=O)N(C(C)C)C(C)(C)C1.I. The predicted octanol–water partition coefficient (Wildman–Crippen LogP) is 1.80. The second kappa shape index (κ2) is 9.40. The minimum atomic E-state index is -0.221. The number of piperazine rings is 1. The molecular formula is C17H31IN6O. The Hall–Kier alpha value is -1.32. The van der Waals surface area contributed by atoms with Crippen molar-refractivity contribution in [2.45, 2.75) is 52.7 Å². The maximum atomic E-state index is 12.6. The van der Waals surface area contributed by atoms with Crippen LogP contribution in [0.2, 0.25) is 0 Å². The van der Waals surface area contributed by atoms with E-state index in [1.807, 2.05) is 28.8 Å². The third-order valence-electron chi connectivity index (χ3n) is 4.13. The summed E-state index contributed by atoms with van der Waals surface area (Å²) in [5, 5.41) is 7.50.